The summed E-state index contributed by atoms with van der Waals surface area (Å²) in [7, 11) is 0. The maximum atomic E-state index is 9.55. The van der Waals surface area contributed by atoms with Gasteiger partial charge in [-0.05, 0) is 67.9 Å². The van der Waals surface area contributed by atoms with Gasteiger partial charge in [-0.15, -0.1) is 0 Å². The van der Waals surface area contributed by atoms with Gasteiger partial charge in [0.15, 0.2) is 0 Å². The molecule has 96 valence electrons. The summed E-state index contributed by atoms with van der Waals surface area (Å²) in [6, 6.07) is 8.24. The van der Waals surface area contributed by atoms with E-state index in [-0.39, 0.29) is 0 Å². The predicted molar refractivity (Wildman–Crippen MR) is 72.6 cm³/mol. The maximum absolute atomic E-state index is 9.55. The number of benzene rings is 1. The first-order chi connectivity index (χ1) is 8.78. The summed E-state index contributed by atoms with van der Waals surface area (Å²) in [5.74, 6) is 4.17. The third-order valence-corrected chi connectivity index (χ3v) is 5.41. The van der Waals surface area contributed by atoms with Crippen LogP contribution in [0.15, 0.2) is 24.3 Å². The van der Waals surface area contributed by atoms with Crippen LogP contribution >= 0.6 is 0 Å². The summed E-state index contributed by atoms with van der Waals surface area (Å²) in [5.41, 5.74) is 1.09. The Bertz CT molecular complexity index is 428. The molecule has 0 heterocycles. The largest absolute Gasteiger partial charge is 0.508 e. The first kappa shape index (κ1) is 10.7. The van der Waals surface area contributed by atoms with E-state index >= 15 is 0 Å². The normalized spacial score (nSPS) is 41.0. The summed E-state index contributed by atoms with van der Waals surface area (Å²) in [6.07, 6.45) is 7.24. The minimum atomic E-state index is 0.365. The molecule has 0 saturated heterocycles. The highest BCUT2D eigenvalue weighted by atomic mass is 16.3. The van der Waals surface area contributed by atoms with Crippen molar-refractivity contribution in [2.24, 2.45) is 23.7 Å². The highest BCUT2D eigenvalue weighted by Crippen LogP contribution is 2.54. The number of anilines is 1. The van der Waals surface area contributed by atoms with Crippen molar-refractivity contribution in [3.8, 4) is 5.75 Å². The summed E-state index contributed by atoms with van der Waals surface area (Å²) in [5, 5.41) is 13.3. The fraction of sp³-hybridized carbons (Fsp3) is 0.625. The Morgan fingerprint density at radius 1 is 0.944 bits per heavy atom. The summed E-state index contributed by atoms with van der Waals surface area (Å²) in [4.78, 5) is 0. The number of hydrogen-bond donors (Lipinski definition) is 2. The molecule has 2 nitrogen and oxygen atoms in total. The van der Waals surface area contributed by atoms with Gasteiger partial charge >= 0.3 is 0 Å². The van der Waals surface area contributed by atoms with Crippen LogP contribution in [0.25, 0.3) is 0 Å². The molecule has 1 aromatic carbocycles. The molecule has 0 radical (unpaired) electrons. The molecule has 2 N–H and O–H groups in total. The Kier molecular flexibility index (Phi) is 2.33. The molecule has 4 saturated carbocycles. The molecular weight excluding hydrogens is 222 g/mol. The molecule has 2 heteroatoms. The number of aromatic hydroxyl groups is 1. The van der Waals surface area contributed by atoms with Gasteiger partial charge < -0.3 is 10.4 Å². The van der Waals surface area contributed by atoms with Crippen molar-refractivity contribution in [1.82, 2.24) is 0 Å². The fourth-order valence-electron chi connectivity index (χ4n) is 4.95. The van der Waals surface area contributed by atoms with Crippen molar-refractivity contribution in [1.29, 1.82) is 0 Å². The molecule has 18 heavy (non-hydrogen) atoms. The Morgan fingerprint density at radius 2 is 1.61 bits per heavy atom. The maximum Gasteiger partial charge on any atom is 0.117 e. The minimum Gasteiger partial charge on any atom is -0.508 e. The topological polar surface area (TPSA) is 32.3 Å². The number of nitrogens with one attached hydrogen (secondary N) is 1. The average Bonchev–Trinajstić information content (AvgIpc) is 2.33. The van der Waals surface area contributed by atoms with E-state index in [4.69, 9.17) is 0 Å². The van der Waals surface area contributed by atoms with Crippen LogP contribution in [0.4, 0.5) is 5.69 Å². The summed E-state index contributed by atoms with van der Waals surface area (Å²) < 4.78 is 0. The second kappa shape index (κ2) is 3.91. The number of phenolic OH excluding ortho intramolecular Hbond substituents is 1. The molecule has 1 aromatic rings. The quantitative estimate of drug-likeness (QED) is 0.831. The smallest absolute Gasteiger partial charge is 0.117 e. The Balaban J connectivity index is 1.55. The van der Waals surface area contributed by atoms with E-state index in [1.165, 1.54) is 32.1 Å². The Labute approximate surface area is 108 Å². The molecular formula is C16H21NO. The van der Waals surface area contributed by atoms with E-state index in [2.05, 4.69) is 11.4 Å². The minimum absolute atomic E-state index is 0.365. The monoisotopic (exact) mass is 243 g/mol. The molecule has 0 aliphatic heterocycles. The van der Waals surface area contributed by atoms with E-state index < -0.39 is 0 Å². The Hall–Kier alpha value is -1.18. The molecule has 4 aliphatic carbocycles. The lowest BCUT2D eigenvalue weighted by atomic mass is 9.54. The lowest BCUT2D eigenvalue weighted by Gasteiger charge is -2.54. The number of rotatable bonds is 2. The Morgan fingerprint density at radius 3 is 2.22 bits per heavy atom. The lowest BCUT2D eigenvalue weighted by Crippen LogP contribution is -2.51. The standard InChI is InChI=1S/C16H21NO/c18-15-3-1-2-14(9-15)17-16-12-5-10-4-11(7-12)8-13(16)6-10/h1-3,9-13,16-18H,4-8H2. The van der Waals surface area contributed by atoms with Crippen molar-refractivity contribution < 1.29 is 5.11 Å². The fourth-order valence-corrected chi connectivity index (χ4v) is 4.95. The third kappa shape index (κ3) is 1.70. The van der Waals surface area contributed by atoms with Gasteiger partial charge in [-0.2, -0.15) is 0 Å². The average molecular weight is 243 g/mol. The third-order valence-electron chi connectivity index (χ3n) is 5.41. The van der Waals surface area contributed by atoms with Crippen LogP contribution in [-0.2, 0) is 0 Å². The second-order valence-corrected chi connectivity index (χ2v) is 6.65. The lowest BCUT2D eigenvalue weighted by molar-refractivity contribution is 0.00753. The van der Waals surface area contributed by atoms with Gasteiger partial charge in [0.2, 0.25) is 0 Å². The highest BCUT2D eigenvalue weighted by molar-refractivity contribution is 5.48. The number of phenols is 1. The highest BCUT2D eigenvalue weighted by Gasteiger charge is 2.48. The molecule has 0 amide bonds. The van der Waals surface area contributed by atoms with Crippen LogP contribution in [-0.4, -0.2) is 11.1 Å². The van der Waals surface area contributed by atoms with Crippen LogP contribution in [0.2, 0.25) is 0 Å². The molecule has 4 aliphatic rings. The van der Waals surface area contributed by atoms with Crippen molar-refractivity contribution in [3.63, 3.8) is 0 Å². The van der Waals surface area contributed by atoms with Crippen LogP contribution in [0.3, 0.4) is 0 Å². The van der Waals surface area contributed by atoms with E-state index in [0.717, 1.165) is 29.4 Å². The van der Waals surface area contributed by atoms with Crippen LogP contribution in [0, 0.1) is 23.7 Å². The van der Waals surface area contributed by atoms with Crippen LogP contribution in [0.1, 0.15) is 32.1 Å². The van der Waals surface area contributed by atoms with E-state index in [9.17, 15) is 5.11 Å². The van der Waals surface area contributed by atoms with Gasteiger partial charge in [0.05, 0.1) is 0 Å². The second-order valence-electron chi connectivity index (χ2n) is 6.65. The molecule has 0 aromatic heterocycles. The first-order valence-corrected chi connectivity index (χ1v) is 7.33. The summed E-state index contributed by atoms with van der Waals surface area (Å²) >= 11 is 0. The molecule has 0 unspecified atom stereocenters. The van der Waals surface area contributed by atoms with Gasteiger partial charge in [-0.3, -0.25) is 0 Å². The van der Waals surface area contributed by atoms with Gasteiger partial charge in [-0.1, -0.05) is 6.07 Å². The van der Waals surface area contributed by atoms with Gasteiger partial charge in [0, 0.05) is 17.8 Å². The molecule has 0 spiro atoms. The van der Waals surface area contributed by atoms with Crippen molar-refractivity contribution in [2.75, 3.05) is 5.32 Å². The number of hydrogen-bond acceptors (Lipinski definition) is 2. The SMILES string of the molecule is Oc1cccc(NC2C3CC4CC(C3)CC2C4)c1. The first-order valence-electron chi connectivity index (χ1n) is 7.33. The van der Waals surface area contributed by atoms with Crippen molar-refractivity contribution in [2.45, 2.75) is 38.1 Å². The van der Waals surface area contributed by atoms with Crippen LogP contribution < -0.4 is 5.32 Å². The van der Waals surface area contributed by atoms with E-state index in [1.54, 1.807) is 6.07 Å². The molecule has 0 atom stereocenters. The van der Waals surface area contributed by atoms with Gasteiger partial charge in [0.25, 0.3) is 0 Å². The zero-order valence-electron chi connectivity index (χ0n) is 10.7. The predicted octanol–water partition coefficient (Wildman–Crippen LogP) is 3.63. The molecule has 5 rings (SSSR count). The summed E-state index contributed by atoms with van der Waals surface area (Å²) in [6.45, 7) is 0. The molecule has 4 fully saturated rings. The van der Waals surface area contributed by atoms with Crippen molar-refractivity contribution in [3.05, 3.63) is 24.3 Å². The van der Waals surface area contributed by atoms with Gasteiger partial charge in [-0.25, -0.2) is 0 Å². The van der Waals surface area contributed by atoms with Gasteiger partial charge in [0.1, 0.15) is 5.75 Å². The molecule has 4 bridgehead atoms. The van der Waals surface area contributed by atoms with Crippen molar-refractivity contribution >= 4 is 5.69 Å². The van der Waals surface area contributed by atoms with E-state index in [0.29, 0.717) is 11.8 Å². The zero-order chi connectivity index (χ0) is 12.1. The van der Waals surface area contributed by atoms with E-state index in [1.807, 2.05) is 12.1 Å². The van der Waals surface area contributed by atoms with Crippen LogP contribution in [0.5, 0.6) is 5.75 Å². The zero-order valence-corrected chi connectivity index (χ0v) is 10.7.